The van der Waals surface area contributed by atoms with Gasteiger partial charge in [0.15, 0.2) is 0 Å². The Labute approximate surface area is 106 Å². The molecular formula is C16H13NO. The zero-order valence-electron chi connectivity index (χ0n) is 10.1. The highest BCUT2D eigenvalue weighted by Gasteiger charge is 2.10. The Bertz CT molecular complexity index is 677. The number of methoxy groups -OCH3 is 1. The molecule has 3 aromatic rings. The van der Waals surface area contributed by atoms with Crippen LogP contribution in [0.4, 0.5) is 0 Å². The minimum Gasteiger partial charge on any atom is -0.496 e. The van der Waals surface area contributed by atoms with Crippen LogP contribution in [-0.2, 0) is 0 Å². The number of pyridine rings is 1. The van der Waals surface area contributed by atoms with Crippen molar-refractivity contribution in [1.29, 1.82) is 0 Å². The molecule has 0 aliphatic rings. The lowest BCUT2D eigenvalue weighted by Crippen LogP contribution is -1.91. The molecule has 0 aliphatic carbocycles. The standard InChI is InChI=1S/C16H13NO/c1-18-15-10-9-12-6-2-3-7-13(12)16(15)14-8-4-5-11-17-14/h2-11H,1H3. The molecule has 0 fully saturated rings. The molecule has 0 N–H and O–H groups in total. The normalized spacial score (nSPS) is 10.5. The van der Waals surface area contributed by atoms with E-state index in [1.54, 1.807) is 13.3 Å². The number of benzene rings is 2. The first kappa shape index (κ1) is 10.8. The second-order valence-corrected chi connectivity index (χ2v) is 4.08. The van der Waals surface area contributed by atoms with Crippen LogP contribution >= 0.6 is 0 Å². The largest absolute Gasteiger partial charge is 0.496 e. The Morgan fingerprint density at radius 3 is 2.50 bits per heavy atom. The van der Waals surface area contributed by atoms with Gasteiger partial charge in [-0.15, -0.1) is 0 Å². The summed E-state index contributed by atoms with van der Waals surface area (Å²) in [4.78, 5) is 4.43. The maximum absolute atomic E-state index is 5.47. The minimum absolute atomic E-state index is 0.854. The molecular weight excluding hydrogens is 222 g/mol. The zero-order chi connectivity index (χ0) is 12.4. The fourth-order valence-electron chi connectivity index (χ4n) is 2.20. The molecule has 0 saturated carbocycles. The van der Waals surface area contributed by atoms with Gasteiger partial charge in [-0.05, 0) is 29.0 Å². The van der Waals surface area contributed by atoms with Crippen LogP contribution in [0.15, 0.2) is 60.8 Å². The highest BCUT2D eigenvalue weighted by molar-refractivity contribution is 5.98. The van der Waals surface area contributed by atoms with Crippen molar-refractivity contribution >= 4 is 10.8 Å². The van der Waals surface area contributed by atoms with E-state index in [-0.39, 0.29) is 0 Å². The molecule has 1 heterocycles. The van der Waals surface area contributed by atoms with Gasteiger partial charge in [0.05, 0.1) is 18.4 Å². The van der Waals surface area contributed by atoms with Crippen LogP contribution < -0.4 is 4.74 Å². The van der Waals surface area contributed by atoms with Crippen molar-refractivity contribution in [3.8, 4) is 17.0 Å². The Balaban J connectivity index is 2.38. The van der Waals surface area contributed by atoms with Gasteiger partial charge in [-0.2, -0.15) is 0 Å². The fourth-order valence-corrected chi connectivity index (χ4v) is 2.20. The van der Waals surface area contributed by atoms with E-state index in [9.17, 15) is 0 Å². The van der Waals surface area contributed by atoms with Gasteiger partial charge < -0.3 is 4.74 Å². The monoisotopic (exact) mass is 235 g/mol. The van der Waals surface area contributed by atoms with Crippen LogP contribution in [0.25, 0.3) is 22.0 Å². The Morgan fingerprint density at radius 2 is 1.72 bits per heavy atom. The zero-order valence-corrected chi connectivity index (χ0v) is 10.1. The number of hydrogen-bond acceptors (Lipinski definition) is 2. The number of aromatic nitrogens is 1. The van der Waals surface area contributed by atoms with Crippen LogP contribution in [0.5, 0.6) is 5.75 Å². The first-order chi connectivity index (χ1) is 8.90. The van der Waals surface area contributed by atoms with E-state index in [1.165, 1.54) is 5.39 Å². The average Bonchev–Trinajstić information content (AvgIpc) is 2.47. The molecule has 0 amide bonds. The molecule has 3 rings (SSSR count). The molecule has 88 valence electrons. The van der Waals surface area contributed by atoms with E-state index in [0.29, 0.717) is 0 Å². The molecule has 0 aliphatic heterocycles. The van der Waals surface area contributed by atoms with Crippen LogP contribution in [0, 0.1) is 0 Å². The predicted octanol–water partition coefficient (Wildman–Crippen LogP) is 3.91. The molecule has 2 aromatic carbocycles. The van der Waals surface area contributed by atoms with E-state index < -0.39 is 0 Å². The molecule has 0 radical (unpaired) electrons. The molecule has 18 heavy (non-hydrogen) atoms. The van der Waals surface area contributed by atoms with Crippen LogP contribution in [0.3, 0.4) is 0 Å². The average molecular weight is 235 g/mol. The molecule has 2 heteroatoms. The molecule has 0 spiro atoms. The van der Waals surface area contributed by atoms with E-state index >= 15 is 0 Å². The van der Waals surface area contributed by atoms with Crippen molar-refractivity contribution < 1.29 is 4.74 Å². The molecule has 0 bridgehead atoms. The third-order valence-corrected chi connectivity index (χ3v) is 3.03. The summed E-state index contributed by atoms with van der Waals surface area (Å²) >= 11 is 0. The van der Waals surface area contributed by atoms with Gasteiger partial charge in [0.2, 0.25) is 0 Å². The van der Waals surface area contributed by atoms with Crippen LogP contribution in [0.2, 0.25) is 0 Å². The second-order valence-electron chi connectivity index (χ2n) is 4.08. The SMILES string of the molecule is COc1ccc2ccccc2c1-c1ccccn1. The lowest BCUT2D eigenvalue weighted by Gasteiger charge is -2.11. The summed E-state index contributed by atoms with van der Waals surface area (Å²) in [7, 11) is 1.69. The highest BCUT2D eigenvalue weighted by Crippen LogP contribution is 2.35. The van der Waals surface area contributed by atoms with E-state index in [1.807, 2.05) is 36.4 Å². The summed E-state index contributed by atoms with van der Waals surface area (Å²) in [6, 6.07) is 18.2. The van der Waals surface area contributed by atoms with Crippen molar-refractivity contribution in [2.24, 2.45) is 0 Å². The lowest BCUT2D eigenvalue weighted by molar-refractivity contribution is 0.417. The van der Waals surface area contributed by atoms with Gasteiger partial charge in [-0.25, -0.2) is 0 Å². The maximum Gasteiger partial charge on any atom is 0.128 e. The van der Waals surface area contributed by atoms with Crippen molar-refractivity contribution in [2.75, 3.05) is 7.11 Å². The first-order valence-corrected chi connectivity index (χ1v) is 5.87. The van der Waals surface area contributed by atoms with E-state index in [4.69, 9.17) is 4.74 Å². The van der Waals surface area contributed by atoms with Gasteiger partial charge >= 0.3 is 0 Å². The molecule has 1 aromatic heterocycles. The first-order valence-electron chi connectivity index (χ1n) is 5.87. The Kier molecular flexibility index (Phi) is 2.69. The summed E-state index contributed by atoms with van der Waals surface area (Å²) in [6.07, 6.45) is 1.80. The number of ether oxygens (including phenoxy) is 1. The summed E-state index contributed by atoms with van der Waals surface area (Å²) in [5.74, 6) is 0.854. The Morgan fingerprint density at radius 1 is 0.889 bits per heavy atom. The third kappa shape index (κ3) is 1.72. The van der Waals surface area contributed by atoms with Crippen molar-refractivity contribution in [2.45, 2.75) is 0 Å². The van der Waals surface area contributed by atoms with Gasteiger partial charge in [0.1, 0.15) is 5.75 Å². The van der Waals surface area contributed by atoms with Crippen LogP contribution in [0.1, 0.15) is 0 Å². The fraction of sp³-hybridized carbons (Fsp3) is 0.0625. The summed E-state index contributed by atoms with van der Waals surface area (Å²) in [5, 5.41) is 2.36. The highest BCUT2D eigenvalue weighted by atomic mass is 16.5. The molecule has 0 atom stereocenters. The minimum atomic E-state index is 0.854. The van der Waals surface area contributed by atoms with Gasteiger partial charge in [-0.3, -0.25) is 4.98 Å². The molecule has 2 nitrogen and oxygen atoms in total. The number of fused-ring (bicyclic) bond motifs is 1. The maximum atomic E-state index is 5.47. The quantitative estimate of drug-likeness (QED) is 0.671. The number of rotatable bonds is 2. The van der Waals surface area contributed by atoms with Crippen molar-refractivity contribution in [1.82, 2.24) is 4.98 Å². The lowest BCUT2D eigenvalue weighted by atomic mass is 10.0. The van der Waals surface area contributed by atoms with Crippen LogP contribution in [-0.4, -0.2) is 12.1 Å². The van der Waals surface area contributed by atoms with E-state index in [0.717, 1.165) is 22.4 Å². The van der Waals surface area contributed by atoms with Gasteiger partial charge in [-0.1, -0.05) is 36.4 Å². The number of hydrogen-bond donors (Lipinski definition) is 0. The number of nitrogens with zero attached hydrogens (tertiary/aromatic N) is 1. The Hall–Kier alpha value is -2.35. The van der Waals surface area contributed by atoms with E-state index in [2.05, 4.69) is 23.2 Å². The van der Waals surface area contributed by atoms with Crippen molar-refractivity contribution in [3.05, 3.63) is 60.8 Å². The smallest absolute Gasteiger partial charge is 0.128 e. The topological polar surface area (TPSA) is 22.1 Å². The van der Waals surface area contributed by atoms with Crippen molar-refractivity contribution in [3.63, 3.8) is 0 Å². The third-order valence-electron chi connectivity index (χ3n) is 3.03. The summed E-state index contributed by atoms with van der Waals surface area (Å²) in [5.41, 5.74) is 1.99. The predicted molar refractivity (Wildman–Crippen MR) is 73.7 cm³/mol. The summed E-state index contributed by atoms with van der Waals surface area (Å²) < 4.78 is 5.47. The second kappa shape index (κ2) is 4.49. The molecule has 0 unspecified atom stereocenters. The summed E-state index contributed by atoms with van der Waals surface area (Å²) in [6.45, 7) is 0. The molecule has 0 saturated heterocycles. The van der Waals surface area contributed by atoms with Gasteiger partial charge in [0, 0.05) is 6.20 Å². The van der Waals surface area contributed by atoms with Gasteiger partial charge in [0.25, 0.3) is 0 Å².